The fraction of sp³-hybridized carbons (Fsp3) is 0.692. The standard InChI is InChI=1S/C13H20N2O5S2/c1-3-21-22-7-19-9-4-11(20-10(9)6-16)15-5-8(2)12(17)14-13(15)18/h5,9-11,16H,3-4,6-7H2,1-2H3,(H,14,17,18)/t9-,10?,11?/m0/s1. The van der Waals surface area contributed by atoms with E-state index in [4.69, 9.17) is 9.47 Å². The zero-order valence-corrected chi connectivity index (χ0v) is 14.1. The molecule has 0 bridgehead atoms. The third-order valence-corrected chi connectivity index (χ3v) is 5.48. The van der Waals surface area contributed by atoms with Crippen LogP contribution in [0.3, 0.4) is 0 Å². The van der Waals surface area contributed by atoms with Gasteiger partial charge in [0.15, 0.2) is 0 Å². The van der Waals surface area contributed by atoms with Crippen molar-refractivity contribution in [2.24, 2.45) is 0 Å². The maximum absolute atomic E-state index is 11.9. The number of H-pyrrole nitrogens is 1. The Morgan fingerprint density at radius 1 is 1.50 bits per heavy atom. The Kier molecular flexibility index (Phi) is 6.57. The van der Waals surface area contributed by atoms with E-state index in [0.717, 1.165) is 5.75 Å². The molecule has 1 aromatic heterocycles. The molecule has 2 unspecified atom stereocenters. The summed E-state index contributed by atoms with van der Waals surface area (Å²) >= 11 is 0. The van der Waals surface area contributed by atoms with Crippen LogP contribution in [-0.2, 0) is 9.47 Å². The maximum atomic E-state index is 11.9. The van der Waals surface area contributed by atoms with Gasteiger partial charge in [0, 0.05) is 23.9 Å². The SMILES string of the molecule is CCSSCO[C@H]1CC(n2cc(C)c(=O)[nH]c2=O)OC1CO. The Morgan fingerprint density at radius 3 is 2.95 bits per heavy atom. The first-order valence-corrected chi connectivity index (χ1v) is 9.50. The monoisotopic (exact) mass is 348 g/mol. The van der Waals surface area contributed by atoms with Crippen molar-refractivity contribution in [2.75, 3.05) is 18.3 Å². The predicted octanol–water partition coefficient (Wildman–Crippen LogP) is 0.869. The van der Waals surface area contributed by atoms with Crippen LogP contribution < -0.4 is 11.2 Å². The highest BCUT2D eigenvalue weighted by atomic mass is 33.1. The van der Waals surface area contributed by atoms with Gasteiger partial charge >= 0.3 is 5.69 Å². The van der Waals surface area contributed by atoms with Gasteiger partial charge in [0.2, 0.25) is 0 Å². The first kappa shape index (κ1) is 17.6. The molecule has 22 heavy (non-hydrogen) atoms. The third-order valence-electron chi connectivity index (χ3n) is 3.35. The molecule has 3 atom stereocenters. The van der Waals surface area contributed by atoms with Crippen LogP contribution in [0.15, 0.2) is 15.8 Å². The van der Waals surface area contributed by atoms with Crippen LogP contribution >= 0.6 is 21.6 Å². The summed E-state index contributed by atoms with van der Waals surface area (Å²) in [5.74, 6) is 1.49. The molecule has 2 N–H and O–H groups in total. The topological polar surface area (TPSA) is 93.6 Å². The summed E-state index contributed by atoms with van der Waals surface area (Å²) in [6.45, 7) is 3.51. The fourth-order valence-corrected chi connectivity index (χ4v) is 3.58. The summed E-state index contributed by atoms with van der Waals surface area (Å²) in [4.78, 5) is 25.6. The quantitative estimate of drug-likeness (QED) is 0.429. The van der Waals surface area contributed by atoms with E-state index in [1.165, 1.54) is 10.8 Å². The van der Waals surface area contributed by atoms with Crippen molar-refractivity contribution in [2.45, 2.75) is 38.7 Å². The highest BCUT2D eigenvalue weighted by molar-refractivity contribution is 8.76. The van der Waals surface area contributed by atoms with Gasteiger partial charge in [0.25, 0.3) is 5.56 Å². The molecule has 124 valence electrons. The molecule has 0 aromatic carbocycles. The minimum atomic E-state index is -0.547. The highest BCUT2D eigenvalue weighted by Gasteiger charge is 2.37. The molecule has 0 spiro atoms. The van der Waals surface area contributed by atoms with Gasteiger partial charge in [-0.15, -0.1) is 0 Å². The first-order chi connectivity index (χ1) is 10.6. The molecule has 0 amide bonds. The van der Waals surface area contributed by atoms with Gasteiger partial charge in [-0.3, -0.25) is 14.3 Å². The summed E-state index contributed by atoms with van der Waals surface area (Å²) in [7, 11) is 3.30. The summed E-state index contributed by atoms with van der Waals surface area (Å²) in [6, 6.07) is 0. The summed E-state index contributed by atoms with van der Waals surface area (Å²) in [6.07, 6.45) is 0.627. The number of aryl methyl sites for hydroxylation is 1. The molecular weight excluding hydrogens is 328 g/mol. The van der Waals surface area contributed by atoms with Crippen LogP contribution in [0.4, 0.5) is 0 Å². The lowest BCUT2D eigenvalue weighted by Gasteiger charge is -2.16. The number of aliphatic hydroxyl groups excluding tert-OH is 1. The number of aromatic amines is 1. The number of hydrogen-bond donors (Lipinski definition) is 2. The second kappa shape index (κ2) is 8.21. The molecule has 2 heterocycles. The van der Waals surface area contributed by atoms with Crippen molar-refractivity contribution in [3.63, 3.8) is 0 Å². The molecule has 0 aliphatic carbocycles. The normalized spacial score (nSPS) is 24.8. The van der Waals surface area contributed by atoms with Gasteiger partial charge in [-0.05, 0) is 6.92 Å². The van der Waals surface area contributed by atoms with Crippen LogP contribution in [0.2, 0.25) is 0 Å². The lowest BCUT2D eigenvalue weighted by Crippen LogP contribution is -2.33. The lowest BCUT2D eigenvalue weighted by molar-refractivity contribution is -0.0554. The summed E-state index contributed by atoms with van der Waals surface area (Å²) in [5.41, 5.74) is -0.490. The van der Waals surface area contributed by atoms with E-state index in [1.807, 2.05) is 0 Å². The second-order valence-electron chi connectivity index (χ2n) is 4.87. The van der Waals surface area contributed by atoms with Crippen LogP contribution in [0, 0.1) is 6.92 Å². The average molecular weight is 348 g/mol. The highest BCUT2D eigenvalue weighted by Crippen LogP contribution is 2.31. The van der Waals surface area contributed by atoms with Gasteiger partial charge in [0.05, 0.1) is 12.7 Å². The van der Waals surface area contributed by atoms with E-state index in [9.17, 15) is 14.7 Å². The number of rotatable bonds is 7. The average Bonchev–Trinajstić information content (AvgIpc) is 2.90. The van der Waals surface area contributed by atoms with Gasteiger partial charge in [-0.2, -0.15) is 0 Å². The fourth-order valence-electron chi connectivity index (χ4n) is 2.24. The number of aromatic nitrogens is 2. The Hall–Kier alpha value is -0.740. The number of aliphatic hydroxyl groups is 1. The molecule has 0 saturated carbocycles. The molecule has 0 radical (unpaired) electrons. The third kappa shape index (κ3) is 4.17. The second-order valence-corrected chi connectivity index (χ2v) is 7.57. The van der Waals surface area contributed by atoms with Gasteiger partial charge in [-0.25, -0.2) is 4.79 Å². The number of ether oxygens (including phenoxy) is 2. The van der Waals surface area contributed by atoms with E-state index in [1.54, 1.807) is 28.5 Å². The van der Waals surface area contributed by atoms with E-state index in [2.05, 4.69) is 11.9 Å². The predicted molar refractivity (Wildman–Crippen MR) is 87.1 cm³/mol. The number of nitrogens with one attached hydrogen (secondary N) is 1. The zero-order chi connectivity index (χ0) is 16.1. The number of nitrogens with zero attached hydrogens (tertiary/aromatic N) is 1. The van der Waals surface area contributed by atoms with Crippen LogP contribution in [0.25, 0.3) is 0 Å². The van der Waals surface area contributed by atoms with Crippen LogP contribution in [0.1, 0.15) is 25.1 Å². The Balaban J connectivity index is 2.06. The van der Waals surface area contributed by atoms with Crippen LogP contribution in [-0.4, -0.2) is 45.2 Å². The van der Waals surface area contributed by atoms with Crippen molar-refractivity contribution < 1.29 is 14.6 Å². The van der Waals surface area contributed by atoms with Gasteiger partial charge < -0.3 is 14.6 Å². The maximum Gasteiger partial charge on any atom is 0.330 e. The van der Waals surface area contributed by atoms with Gasteiger partial charge in [-0.1, -0.05) is 28.5 Å². The van der Waals surface area contributed by atoms with Crippen molar-refractivity contribution in [1.82, 2.24) is 9.55 Å². The van der Waals surface area contributed by atoms with Crippen molar-refractivity contribution in [3.8, 4) is 0 Å². The minimum absolute atomic E-state index is 0.177. The molecule has 1 aromatic rings. The smallest absolute Gasteiger partial charge is 0.330 e. The Morgan fingerprint density at radius 2 is 2.27 bits per heavy atom. The van der Waals surface area contributed by atoms with Crippen molar-refractivity contribution in [3.05, 3.63) is 32.6 Å². The Bertz CT molecular complexity index is 603. The van der Waals surface area contributed by atoms with E-state index in [0.29, 0.717) is 17.9 Å². The number of hydrogen-bond acceptors (Lipinski definition) is 7. The summed E-state index contributed by atoms with van der Waals surface area (Å²) < 4.78 is 12.8. The molecular formula is C13H20N2O5S2. The molecule has 9 heteroatoms. The van der Waals surface area contributed by atoms with Crippen molar-refractivity contribution >= 4 is 21.6 Å². The first-order valence-electron chi connectivity index (χ1n) is 7.01. The molecule has 1 aliphatic rings. The summed E-state index contributed by atoms with van der Waals surface area (Å²) in [5, 5.41) is 9.41. The zero-order valence-electron chi connectivity index (χ0n) is 12.5. The van der Waals surface area contributed by atoms with Crippen LogP contribution in [0.5, 0.6) is 0 Å². The Labute approximate surface area is 135 Å². The van der Waals surface area contributed by atoms with E-state index >= 15 is 0 Å². The van der Waals surface area contributed by atoms with Gasteiger partial charge in [0.1, 0.15) is 18.3 Å². The molecule has 1 saturated heterocycles. The molecule has 1 aliphatic heterocycles. The minimum Gasteiger partial charge on any atom is -0.394 e. The molecule has 2 rings (SSSR count). The van der Waals surface area contributed by atoms with E-state index < -0.39 is 23.6 Å². The molecule has 1 fully saturated rings. The molecule has 7 nitrogen and oxygen atoms in total. The van der Waals surface area contributed by atoms with E-state index in [-0.39, 0.29) is 12.7 Å². The van der Waals surface area contributed by atoms with Crippen molar-refractivity contribution in [1.29, 1.82) is 0 Å². The lowest BCUT2D eigenvalue weighted by atomic mass is 10.2. The largest absolute Gasteiger partial charge is 0.394 e.